The molecule has 0 saturated carbocycles. The van der Waals surface area contributed by atoms with Gasteiger partial charge in [0.25, 0.3) is 0 Å². The van der Waals surface area contributed by atoms with E-state index >= 15 is 0 Å². The number of hydrogen-bond donors (Lipinski definition) is 0. The van der Waals surface area contributed by atoms with E-state index in [-0.39, 0.29) is 0 Å². The van der Waals surface area contributed by atoms with Gasteiger partial charge < -0.3 is 9.13 Å². The quantitative estimate of drug-likeness (QED) is 0.178. The van der Waals surface area contributed by atoms with Crippen LogP contribution in [0.4, 0.5) is 0 Å². The number of imidazole rings is 2. The number of allylic oxidation sites excluding steroid dienone is 5. The number of fused-ring (bicyclic) bond motifs is 2. The predicted octanol–water partition coefficient (Wildman–Crippen LogP) is 5.13. The van der Waals surface area contributed by atoms with Crippen LogP contribution in [0.1, 0.15) is 46.5 Å². The number of hydrogen-bond acceptors (Lipinski definition) is 6. The zero-order valence-electron chi connectivity index (χ0n) is 33.0. The summed E-state index contributed by atoms with van der Waals surface area (Å²) < 4.78 is 14.7. The van der Waals surface area contributed by atoms with Gasteiger partial charge in [-0.05, 0) is 72.2 Å². The maximum absolute atomic E-state index is 4.53. The van der Waals surface area contributed by atoms with Gasteiger partial charge in [-0.15, -0.1) is 0 Å². The number of aryl methyl sites for hydroxylation is 4. The molecule has 6 aliphatic rings. The van der Waals surface area contributed by atoms with E-state index in [1.807, 2.05) is 12.7 Å². The van der Waals surface area contributed by atoms with Crippen molar-refractivity contribution in [3.8, 4) is 0 Å². The maximum atomic E-state index is 4.53. The van der Waals surface area contributed by atoms with Crippen molar-refractivity contribution >= 4 is 57.0 Å². The Labute approximate surface area is 348 Å². The van der Waals surface area contributed by atoms with E-state index in [9.17, 15) is 0 Å². The smallest absolute Gasteiger partial charge is 0.315 e. The largest absolute Gasteiger partial charge is 0.553 e. The third kappa shape index (κ3) is 4.32. The van der Waals surface area contributed by atoms with Crippen molar-refractivity contribution in [3.63, 3.8) is 0 Å². The second-order valence-electron chi connectivity index (χ2n) is 16.4. The molecule has 1 atom stereocenters. The second kappa shape index (κ2) is 12.1. The predicted molar refractivity (Wildman–Crippen MR) is 231 cm³/mol. The average Bonchev–Trinajstić information content (AvgIpc) is 4.17. The SMILES string of the molecule is C1=CC2=[N+]3C1=Cc1ccc4n1C31n3c(ccc3=C4c3ccccc3CCCn3cnc4cncnc43)=CC3=[N+]1C(=C2c1ccccc1CCCn1cnc2cncnc21)C=C3. The zero-order valence-corrected chi connectivity index (χ0v) is 33.0. The van der Waals surface area contributed by atoms with E-state index < -0.39 is 5.91 Å². The molecule has 1 unspecified atom stereocenters. The molecule has 0 amide bonds. The Kier molecular flexibility index (Phi) is 6.55. The number of aromatic nitrogens is 10. The van der Waals surface area contributed by atoms with Gasteiger partial charge in [0.1, 0.15) is 29.3 Å². The molecule has 8 aromatic rings. The van der Waals surface area contributed by atoms with Crippen molar-refractivity contribution in [3.05, 3.63) is 191 Å². The van der Waals surface area contributed by atoms with Crippen LogP contribution in [-0.2, 0) is 31.8 Å². The van der Waals surface area contributed by atoms with Gasteiger partial charge in [-0.2, -0.15) is 9.13 Å². The molecule has 0 saturated heterocycles. The fourth-order valence-corrected chi connectivity index (χ4v) is 10.9. The highest BCUT2D eigenvalue weighted by Crippen LogP contribution is 2.49. The number of rotatable bonds is 10. The average molecular weight is 793 g/mol. The Morgan fingerprint density at radius 3 is 2.00 bits per heavy atom. The molecule has 290 valence electrons. The summed E-state index contributed by atoms with van der Waals surface area (Å²) in [5.74, 6) is -0.722. The van der Waals surface area contributed by atoms with Crippen molar-refractivity contribution in [1.82, 2.24) is 48.2 Å². The first-order chi connectivity index (χ1) is 30.3. The van der Waals surface area contributed by atoms with Crippen molar-refractivity contribution in [2.75, 3.05) is 0 Å². The molecule has 12 heteroatoms. The normalized spacial score (nSPS) is 18.5. The Bertz CT molecular complexity index is 3610. The van der Waals surface area contributed by atoms with E-state index in [1.54, 1.807) is 25.0 Å². The van der Waals surface area contributed by atoms with Crippen molar-refractivity contribution in [1.29, 1.82) is 0 Å². The summed E-state index contributed by atoms with van der Waals surface area (Å²) >= 11 is 0. The molecule has 12 heterocycles. The van der Waals surface area contributed by atoms with Crippen molar-refractivity contribution < 1.29 is 9.15 Å². The third-order valence-corrected chi connectivity index (χ3v) is 13.3. The molecular weight excluding hydrogens is 757 g/mol. The fraction of sp³-hybridized carbons (Fsp3) is 0.143. The van der Waals surface area contributed by atoms with E-state index in [0.717, 1.165) is 61.1 Å². The minimum absolute atomic E-state index is 0.722. The van der Waals surface area contributed by atoms with E-state index in [1.165, 1.54) is 78.3 Å². The van der Waals surface area contributed by atoms with Gasteiger partial charge in [0.05, 0.1) is 47.1 Å². The van der Waals surface area contributed by atoms with Gasteiger partial charge in [0, 0.05) is 55.1 Å². The second-order valence-corrected chi connectivity index (χ2v) is 16.4. The van der Waals surface area contributed by atoms with E-state index in [2.05, 4.69) is 167 Å². The van der Waals surface area contributed by atoms with Gasteiger partial charge in [0.15, 0.2) is 11.3 Å². The summed E-state index contributed by atoms with van der Waals surface area (Å²) in [4.78, 5) is 26.4. The van der Waals surface area contributed by atoms with Gasteiger partial charge in [-0.25, -0.2) is 29.9 Å². The Morgan fingerprint density at radius 1 is 0.590 bits per heavy atom. The molecule has 61 heavy (non-hydrogen) atoms. The summed E-state index contributed by atoms with van der Waals surface area (Å²) in [6, 6.07) is 27.3. The standard InChI is InChI=1S/C49H36N12/c1-3-11-37(31(7-1)9-5-21-56-29-54-39-25-50-27-52-47(39)56)45-41-17-13-33-23-35-15-19-43-46(38-12-4-2-8-32(38)10-6-22-57-30-55-40-26-51-28-53-48(40)57)44-20-16-36-24-34-14-18-42(45)59(34)49(58(33)41,60(35)43)61(36)44/h1-4,7-8,11-20,23-30H,5-6,9-10,21-22H2/q+2. The maximum Gasteiger partial charge on any atom is 0.553 e. The van der Waals surface area contributed by atoms with Crippen molar-refractivity contribution in [2.24, 2.45) is 0 Å². The molecule has 14 rings (SSSR count). The lowest BCUT2D eigenvalue weighted by molar-refractivity contribution is -0.835. The minimum Gasteiger partial charge on any atom is -0.315 e. The molecular formula is C49H36N12+2. The van der Waals surface area contributed by atoms with Gasteiger partial charge in [-0.3, -0.25) is 0 Å². The topological polar surface area (TPSA) is 103 Å². The highest BCUT2D eigenvalue weighted by molar-refractivity contribution is 6.30. The molecule has 2 aromatic carbocycles. The Morgan fingerprint density at radius 2 is 1.28 bits per heavy atom. The summed E-state index contributed by atoms with van der Waals surface area (Å²) in [6.45, 7) is 1.64. The van der Waals surface area contributed by atoms with Gasteiger partial charge in [0.2, 0.25) is 22.8 Å². The first-order valence-corrected chi connectivity index (χ1v) is 21.0. The highest BCUT2D eigenvalue weighted by Gasteiger charge is 2.71. The minimum atomic E-state index is -0.722. The van der Waals surface area contributed by atoms with Crippen LogP contribution < -0.4 is 10.7 Å². The van der Waals surface area contributed by atoms with Gasteiger partial charge in [-0.1, -0.05) is 57.7 Å². The highest BCUT2D eigenvalue weighted by atomic mass is 15.6. The number of nitrogens with zero attached hydrogens (tertiary/aromatic N) is 12. The molecule has 0 N–H and O–H groups in total. The summed E-state index contributed by atoms with van der Waals surface area (Å²) in [7, 11) is 0. The Hall–Kier alpha value is -7.86. The molecule has 6 aromatic heterocycles. The van der Waals surface area contributed by atoms with Gasteiger partial charge >= 0.3 is 5.91 Å². The van der Waals surface area contributed by atoms with E-state index in [0.29, 0.717) is 0 Å². The van der Waals surface area contributed by atoms with Crippen LogP contribution in [0.2, 0.25) is 0 Å². The summed E-state index contributed by atoms with van der Waals surface area (Å²) in [6.07, 6.45) is 28.3. The molecule has 12 nitrogen and oxygen atoms in total. The van der Waals surface area contributed by atoms with E-state index in [4.69, 9.17) is 0 Å². The molecule has 0 aliphatic carbocycles. The molecule has 0 radical (unpaired) electrons. The lowest BCUT2D eigenvalue weighted by atomic mass is 9.90. The summed E-state index contributed by atoms with van der Waals surface area (Å²) in [5.41, 5.74) is 18.3. The lowest BCUT2D eigenvalue weighted by Gasteiger charge is -2.39. The van der Waals surface area contributed by atoms with Crippen LogP contribution >= 0.6 is 0 Å². The van der Waals surface area contributed by atoms with Crippen LogP contribution in [0.15, 0.2) is 146 Å². The van der Waals surface area contributed by atoms with Crippen molar-refractivity contribution in [2.45, 2.75) is 44.7 Å². The third-order valence-electron chi connectivity index (χ3n) is 13.3. The monoisotopic (exact) mass is 792 g/mol. The summed E-state index contributed by atoms with van der Waals surface area (Å²) in [5, 5.41) is 2.40. The molecule has 0 bridgehead atoms. The first kappa shape index (κ1) is 33.0. The van der Waals surface area contributed by atoms with Crippen LogP contribution in [0, 0.1) is 0 Å². The fourth-order valence-electron chi connectivity index (χ4n) is 10.9. The van der Waals surface area contributed by atoms with Crippen LogP contribution in [0.25, 0.3) is 45.6 Å². The molecule has 1 spiro atoms. The van der Waals surface area contributed by atoms with Crippen LogP contribution in [-0.4, -0.2) is 68.7 Å². The molecule has 0 fully saturated rings. The first-order valence-electron chi connectivity index (χ1n) is 21.0. The zero-order chi connectivity index (χ0) is 39.8. The molecule has 6 aliphatic heterocycles. The number of benzene rings is 2. The Balaban J connectivity index is 0.905. The lowest BCUT2D eigenvalue weighted by Crippen LogP contribution is -2.70. The van der Waals surface area contributed by atoms with Crippen LogP contribution in [0.3, 0.4) is 0 Å². The van der Waals surface area contributed by atoms with Crippen LogP contribution in [0.5, 0.6) is 0 Å².